The van der Waals surface area contributed by atoms with Gasteiger partial charge in [-0.2, -0.15) is 0 Å². The van der Waals surface area contributed by atoms with Gasteiger partial charge in [0, 0.05) is 32.2 Å². The first-order valence-electron chi connectivity index (χ1n) is 6.81. The highest BCUT2D eigenvalue weighted by Crippen LogP contribution is 2.24. The minimum Gasteiger partial charge on any atom is -0.497 e. The van der Waals surface area contributed by atoms with Crippen LogP contribution in [0.4, 0.5) is 0 Å². The fourth-order valence-electron chi connectivity index (χ4n) is 1.75. The second kappa shape index (κ2) is 9.64. The average molecular weight is 267 g/mol. The lowest BCUT2D eigenvalue weighted by Gasteiger charge is -2.13. The third kappa shape index (κ3) is 5.94. The summed E-state index contributed by atoms with van der Waals surface area (Å²) >= 11 is 0. The Balaban J connectivity index is 2.60. The summed E-state index contributed by atoms with van der Waals surface area (Å²) in [5.41, 5.74) is 1.13. The first kappa shape index (κ1) is 15.8. The van der Waals surface area contributed by atoms with Crippen molar-refractivity contribution in [2.45, 2.75) is 26.3 Å². The van der Waals surface area contributed by atoms with Crippen LogP contribution < -0.4 is 14.8 Å². The van der Waals surface area contributed by atoms with E-state index in [-0.39, 0.29) is 0 Å². The normalized spacial score (nSPS) is 10.5. The van der Waals surface area contributed by atoms with E-state index in [1.54, 1.807) is 14.2 Å². The number of rotatable bonds is 10. The third-order valence-corrected chi connectivity index (χ3v) is 2.76. The fraction of sp³-hybridized carbons (Fsp3) is 0.600. The lowest BCUT2D eigenvalue weighted by atomic mass is 10.2. The van der Waals surface area contributed by atoms with E-state index in [1.165, 1.54) is 0 Å². The SMILES string of the molecule is CCCNCc1cc(OC)ccc1OCCCOC. The van der Waals surface area contributed by atoms with Crippen molar-refractivity contribution in [1.29, 1.82) is 0 Å². The van der Waals surface area contributed by atoms with E-state index in [4.69, 9.17) is 14.2 Å². The molecule has 0 spiro atoms. The zero-order chi connectivity index (χ0) is 13.9. The van der Waals surface area contributed by atoms with Crippen LogP contribution in [0.2, 0.25) is 0 Å². The number of hydrogen-bond donors (Lipinski definition) is 1. The van der Waals surface area contributed by atoms with Crippen molar-refractivity contribution in [2.75, 3.05) is 34.0 Å². The molecule has 0 unspecified atom stereocenters. The van der Waals surface area contributed by atoms with Crippen molar-refractivity contribution in [3.8, 4) is 11.5 Å². The van der Waals surface area contributed by atoms with Gasteiger partial charge in [-0.25, -0.2) is 0 Å². The first-order valence-corrected chi connectivity index (χ1v) is 6.81. The molecule has 0 saturated carbocycles. The highest BCUT2D eigenvalue weighted by molar-refractivity contribution is 5.40. The topological polar surface area (TPSA) is 39.7 Å². The molecule has 1 rings (SSSR count). The van der Waals surface area contributed by atoms with Crippen LogP contribution in [0, 0.1) is 0 Å². The second-order valence-electron chi connectivity index (χ2n) is 4.35. The van der Waals surface area contributed by atoms with Gasteiger partial charge < -0.3 is 19.5 Å². The monoisotopic (exact) mass is 267 g/mol. The van der Waals surface area contributed by atoms with Gasteiger partial charge in [-0.05, 0) is 31.2 Å². The molecule has 0 heterocycles. The largest absolute Gasteiger partial charge is 0.497 e. The minimum absolute atomic E-state index is 0.668. The Labute approximate surface area is 116 Å². The molecule has 1 aromatic carbocycles. The highest BCUT2D eigenvalue weighted by Gasteiger charge is 2.05. The van der Waals surface area contributed by atoms with Crippen molar-refractivity contribution in [1.82, 2.24) is 5.32 Å². The van der Waals surface area contributed by atoms with Gasteiger partial charge in [0.05, 0.1) is 13.7 Å². The molecule has 4 nitrogen and oxygen atoms in total. The molecule has 108 valence electrons. The zero-order valence-corrected chi connectivity index (χ0v) is 12.2. The Morgan fingerprint density at radius 3 is 2.68 bits per heavy atom. The Morgan fingerprint density at radius 1 is 1.16 bits per heavy atom. The summed E-state index contributed by atoms with van der Waals surface area (Å²) in [6.45, 7) is 5.34. The van der Waals surface area contributed by atoms with Crippen LogP contribution in [0.3, 0.4) is 0 Å². The lowest BCUT2D eigenvalue weighted by molar-refractivity contribution is 0.171. The Kier molecular flexibility index (Phi) is 8.02. The van der Waals surface area contributed by atoms with E-state index in [2.05, 4.69) is 12.2 Å². The van der Waals surface area contributed by atoms with Gasteiger partial charge >= 0.3 is 0 Å². The molecule has 0 amide bonds. The summed E-state index contributed by atoms with van der Waals surface area (Å²) in [6.07, 6.45) is 2.01. The molecule has 0 fully saturated rings. The maximum absolute atomic E-state index is 5.79. The van der Waals surface area contributed by atoms with Gasteiger partial charge in [0.15, 0.2) is 0 Å². The number of hydrogen-bond acceptors (Lipinski definition) is 4. The van der Waals surface area contributed by atoms with Crippen molar-refractivity contribution in [3.63, 3.8) is 0 Å². The predicted octanol–water partition coefficient (Wildman–Crippen LogP) is 2.61. The van der Waals surface area contributed by atoms with Crippen LogP contribution in [-0.4, -0.2) is 34.0 Å². The maximum Gasteiger partial charge on any atom is 0.124 e. The van der Waals surface area contributed by atoms with Gasteiger partial charge in [-0.3, -0.25) is 0 Å². The molecule has 0 radical (unpaired) electrons. The third-order valence-electron chi connectivity index (χ3n) is 2.76. The zero-order valence-electron chi connectivity index (χ0n) is 12.2. The van der Waals surface area contributed by atoms with Crippen LogP contribution >= 0.6 is 0 Å². The van der Waals surface area contributed by atoms with E-state index in [0.717, 1.165) is 49.6 Å². The fourth-order valence-corrected chi connectivity index (χ4v) is 1.75. The van der Waals surface area contributed by atoms with Gasteiger partial charge in [0.25, 0.3) is 0 Å². The van der Waals surface area contributed by atoms with Crippen molar-refractivity contribution >= 4 is 0 Å². The van der Waals surface area contributed by atoms with Crippen LogP contribution in [0.25, 0.3) is 0 Å². The molecule has 1 N–H and O–H groups in total. The Bertz CT molecular complexity index is 355. The van der Waals surface area contributed by atoms with Gasteiger partial charge in [-0.15, -0.1) is 0 Å². The van der Waals surface area contributed by atoms with Gasteiger partial charge in [0.1, 0.15) is 11.5 Å². The molecule has 1 aromatic rings. The minimum atomic E-state index is 0.668. The van der Waals surface area contributed by atoms with E-state index >= 15 is 0 Å². The van der Waals surface area contributed by atoms with Gasteiger partial charge in [0.2, 0.25) is 0 Å². The summed E-state index contributed by atoms with van der Waals surface area (Å²) in [4.78, 5) is 0. The molecular formula is C15H25NO3. The number of benzene rings is 1. The van der Waals surface area contributed by atoms with Crippen LogP contribution in [0.5, 0.6) is 11.5 Å². The lowest BCUT2D eigenvalue weighted by Crippen LogP contribution is -2.15. The molecule has 0 aromatic heterocycles. The quantitative estimate of drug-likeness (QED) is 0.661. The summed E-state index contributed by atoms with van der Waals surface area (Å²) in [7, 11) is 3.38. The maximum atomic E-state index is 5.79. The second-order valence-corrected chi connectivity index (χ2v) is 4.35. The number of ether oxygens (including phenoxy) is 3. The van der Waals surface area contributed by atoms with Crippen LogP contribution in [-0.2, 0) is 11.3 Å². The standard InChI is InChI=1S/C15H25NO3/c1-4-8-16-12-13-11-14(18-3)6-7-15(13)19-10-5-9-17-2/h6-7,11,16H,4-5,8-10,12H2,1-3H3. The van der Waals surface area contributed by atoms with E-state index < -0.39 is 0 Å². The summed E-state index contributed by atoms with van der Waals surface area (Å²) in [5.74, 6) is 1.78. The summed E-state index contributed by atoms with van der Waals surface area (Å²) in [6, 6.07) is 5.91. The molecule has 0 atom stereocenters. The van der Waals surface area contributed by atoms with Gasteiger partial charge in [-0.1, -0.05) is 6.92 Å². The number of nitrogens with one attached hydrogen (secondary N) is 1. The molecule has 4 heteroatoms. The molecule has 0 aliphatic heterocycles. The molecule has 0 aliphatic rings. The molecular weight excluding hydrogens is 242 g/mol. The van der Waals surface area contributed by atoms with Crippen LogP contribution in [0.1, 0.15) is 25.3 Å². The first-order chi connectivity index (χ1) is 9.31. The predicted molar refractivity (Wildman–Crippen MR) is 77.0 cm³/mol. The molecule has 0 aliphatic carbocycles. The molecule has 0 saturated heterocycles. The van der Waals surface area contributed by atoms with E-state index in [0.29, 0.717) is 6.61 Å². The summed E-state index contributed by atoms with van der Waals surface area (Å²) in [5, 5.41) is 3.38. The highest BCUT2D eigenvalue weighted by atomic mass is 16.5. The van der Waals surface area contributed by atoms with Crippen molar-refractivity contribution in [3.05, 3.63) is 23.8 Å². The molecule has 0 bridgehead atoms. The number of methoxy groups -OCH3 is 2. The van der Waals surface area contributed by atoms with E-state index in [9.17, 15) is 0 Å². The molecule has 19 heavy (non-hydrogen) atoms. The Morgan fingerprint density at radius 2 is 2.00 bits per heavy atom. The Hall–Kier alpha value is -1.26. The van der Waals surface area contributed by atoms with Crippen LogP contribution in [0.15, 0.2) is 18.2 Å². The average Bonchev–Trinajstić information content (AvgIpc) is 2.45. The van der Waals surface area contributed by atoms with Crippen molar-refractivity contribution < 1.29 is 14.2 Å². The smallest absolute Gasteiger partial charge is 0.124 e. The van der Waals surface area contributed by atoms with E-state index in [1.807, 2.05) is 18.2 Å². The van der Waals surface area contributed by atoms with Crippen molar-refractivity contribution in [2.24, 2.45) is 0 Å². The summed E-state index contributed by atoms with van der Waals surface area (Å²) < 4.78 is 16.1.